The molecule has 0 unspecified atom stereocenters. The molecule has 0 saturated carbocycles. The van der Waals surface area contributed by atoms with Crippen molar-refractivity contribution in [2.24, 2.45) is 4.99 Å². The van der Waals surface area contributed by atoms with Crippen molar-refractivity contribution in [2.45, 2.75) is 0 Å². The molecule has 0 fully saturated rings. The number of hydrogen-bond donors (Lipinski definition) is 0. The first-order chi connectivity index (χ1) is 9.40. The molecular weight excluding hydrogens is 266 g/mol. The Bertz CT molecular complexity index is 554. The number of rotatable bonds is 5. The van der Waals surface area contributed by atoms with Crippen LogP contribution in [0.15, 0.2) is 17.1 Å². The van der Waals surface area contributed by atoms with Crippen molar-refractivity contribution >= 4 is 17.9 Å². The molecule has 108 valence electrons. The highest BCUT2D eigenvalue weighted by molar-refractivity contribution is 6.00. The minimum atomic E-state index is -0.645. The smallest absolute Gasteiger partial charge is 0.315 e. The van der Waals surface area contributed by atoms with Gasteiger partial charge in [0.1, 0.15) is 0 Å². The highest BCUT2D eigenvalue weighted by Gasteiger charge is 2.23. The van der Waals surface area contributed by atoms with E-state index in [1.807, 2.05) is 0 Å². The van der Waals surface area contributed by atoms with Crippen LogP contribution in [0.1, 0.15) is 10.4 Å². The summed E-state index contributed by atoms with van der Waals surface area (Å²) in [5.74, 6) is -0.543. The summed E-state index contributed by atoms with van der Waals surface area (Å²) in [4.78, 5) is 27.4. The van der Waals surface area contributed by atoms with Crippen LogP contribution in [0.25, 0.3) is 0 Å². The third-order valence-electron chi connectivity index (χ3n) is 2.31. The minimum Gasteiger partial charge on any atom is -0.493 e. The highest BCUT2D eigenvalue weighted by atomic mass is 16.6. The number of nitro groups is 1. The van der Waals surface area contributed by atoms with Gasteiger partial charge in [0.2, 0.25) is 5.75 Å². The lowest BCUT2D eigenvalue weighted by Gasteiger charge is -2.09. The van der Waals surface area contributed by atoms with Gasteiger partial charge >= 0.3 is 5.69 Å². The van der Waals surface area contributed by atoms with E-state index in [0.717, 1.165) is 6.07 Å². The van der Waals surface area contributed by atoms with Gasteiger partial charge in [-0.15, -0.1) is 0 Å². The van der Waals surface area contributed by atoms with E-state index in [0.29, 0.717) is 0 Å². The number of nitro benzene ring substituents is 1. The summed E-state index contributed by atoms with van der Waals surface area (Å²) in [5.41, 5.74) is -0.303. The molecule has 1 aromatic rings. The van der Waals surface area contributed by atoms with Crippen molar-refractivity contribution in [2.75, 3.05) is 28.3 Å². The second kappa shape index (κ2) is 6.50. The Kier molecular flexibility index (Phi) is 5.01. The number of carbonyl (C=O) groups is 1. The Hall–Kier alpha value is -2.64. The SMILES string of the molecule is COc1cc(C(=O)N=CN(C)C)cc([N+](=O)[O-])c1OC. The third-order valence-corrected chi connectivity index (χ3v) is 2.31. The van der Waals surface area contributed by atoms with Crippen molar-refractivity contribution in [3.63, 3.8) is 0 Å². The zero-order chi connectivity index (χ0) is 15.3. The lowest BCUT2D eigenvalue weighted by molar-refractivity contribution is -0.385. The fourth-order valence-corrected chi connectivity index (χ4v) is 1.45. The second-order valence-electron chi connectivity index (χ2n) is 4.00. The third kappa shape index (κ3) is 3.44. The molecule has 0 bridgehead atoms. The number of carbonyl (C=O) groups excluding carboxylic acids is 1. The monoisotopic (exact) mass is 281 g/mol. The maximum Gasteiger partial charge on any atom is 0.315 e. The standard InChI is InChI=1S/C12H15N3O5/c1-14(2)7-13-12(16)8-5-9(15(17)18)11(20-4)10(6-8)19-3/h5-7H,1-4H3. The van der Waals surface area contributed by atoms with Crippen molar-refractivity contribution in [1.29, 1.82) is 0 Å². The van der Waals surface area contributed by atoms with Crippen molar-refractivity contribution in [1.82, 2.24) is 4.90 Å². The van der Waals surface area contributed by atoms with Gasteiger partial charge in [0.05, 0.1) is 31.0 Å². The van der Waals surface area contributed by atoms with Crippen LogP contribution in [0.5, 0.6) is 11.5 Å². The van der Waals surface area contributed by atoms with Gasteiger partial charge in [0, 0.05) is 20.2 Å². The number of benzene rings is 1. The van der Waals surface area contributed by atoms with Gasteiger partial charge in [-0.1, -0.05) is 0 Å². The van der Waals surface area contributed by atoms with Crippen molar-refractivity contribution in [3.05, 3.63) is 27.8 Å². The first-order valence-corrected chi connectivity index (χ1v) is 5.56. The maximum absolute atomic E-state index is 11.8. The van der Waals surface area contributed by atoms with E-state index in [1.165, 1.54) is 26.6 Å². The molecule has 0 heterocycles. The lowest BCUT2D eigenvalue weighted by Crippen LogP contribution is -2.10. The van der Waals surface area contributed by atoms with E-state index in [2.05, 4.69) is 4.99 Å². The molecule has 0 N–H and O–H groups in total. The Balaban J connectivity index is 3.32. The summed E-state index contributed by atoms with van der Waals surface area (Å²) in [7, 11) is 6.02. The molecule has 0 aliphatic heterocycles. The number of methoxy groups -OCH3 is 2. The maximum atomic E-state index is 11.8. The van der Waals surface area contributed by atoms with E-state index >= 15 is 0 Å². The predicted molar refractivity (Wildman–Crippen MR) is 72.7 cm³/mol. The molecule has 1 aromatic carbocycles. The molecule has 8 nitrogen and oxygen atoms in total. The molecule has 0 aromatic heterocycles. The molecule has 0 saturated heterocycles. The molecular formula is C12H15N3O5. The molecule has 0 aliphatic rings. The quantitative estimate of drug-likeness (QED) is 0.350. The van der Waals surface area contributed by atoms with Crippen LogP contribution in [0.4, 0.5) is 5.69 Å². The normalized spacial score (nSPS) is 10.4. The predicted octanol–water partition coefficient (Wildman–Crippen LogP) is 1.34. The summed E-state index contributed by atoms with van der Waals surface area (Å²) in [6, 6.07) is 2.46. The summed E-state index contributed by atoms with van der Waals surface area (Å²) in [6.07, 6.45) is 1.31. The summed E-state index contributed by atoms with van der Waals surface area (Å²) >= 11 is 0. The fraction of sp³-hybridized carbons (Fsp3) is 0.333. The van der Waals surface area contributed by atoms with Gasteiger partial charge in [-0.3, -0.25) is 14.9 Å². The van der Waals surface area contributed by atoms with Crippen LogP contribution in [0.2, 0.25) is 0 Å². The van der Waals surface area contributed by atoms with Crippen LogP contribution in [0.3, 0.4) is 0 Å². The Morgan fingerprint density at radius 1 is 1.35 bits per heavy atom. The van der Waals surface area contributed by atoms with Crippen LogP contribution < -0.4 is 9.47 Å². The van der Waals surface area contributed by atoms with E-state index in [-0.39, 0.29) is 22.7 Å². The van der Waals surface area contributed by atoms with Gasteiger partial charge in [0.25, 0.3) is 5.91 Å². The summed E-state index contributed by atoms with van der Waals surface area (Å²) in [5, 5.41) is 11.0. The largest absolute Gasteiger partial charge is 0.493 e. The number of ether oxygens (including phenoxy) is 2. The topological polar surface area (TPSA) is 94.3 Å². The van der Waals surface area contributed by atoms with Crippen LogP contribution >= 0.6 is 0 Å². The molecule has 0 aliphatic carbocycles. The van der Waals surface area contributed by atoms with E-state index < -0.39 is 10.8 Å². The van der Waals surface area contributed by atoms with Gasteiger partial charge < -0.3 is 14.4 Å². The van der Waals surface area contributed by atoms with Crippen molar-refractivity contribution in [3.8, 4) is 11.5 Å². The molecule has 1 rings (SSSR count). The number of amides is 1. The molecule has 20 heavy (non-hydrogen) atoms. The van der Waals surface area contributed by atoms with Crippen molar-refractivity contribution < 1.29 is 19.2 Å². The van der Waals surface area contributed by atoms with Crippen LogP contribution in [-0.2, 0) is 0 Å². The van der Waals surface area contributed by atoms with E-state index in [1.54, 1.807) is 19.0 Å². The van der Waals surface area contributed by atoms with E-state index in [4.69, 9.17) is 9.47 Å². The second-order valence-corrected chi connectivity index (χ2v) is 4.00. The Morgan fingerprint density at radius 2 is 2.00 bits per heavy atom. The van der Waals surface area contributed by atoms with Gasteiger partial charge in [-0.05, 0) is 6.07 Å². The van der Waals surface area contributed by atoms with E-state index in [9.17, 15) is 14.9 Å². The first-order valence-electron chi connectivity index (χ1n) is 5.56. The van der Waals surface area contributed by atoms with Crippen LogP contribution in [0, 0.1) is 10.1 Å². The molecule has 8 heteroatoms. The average molecular weight is 281 g/mol. The van der Waals surface area contributed by atoms with Gasteiger partial charge in [-0.2, -0.15) is 4.99 Å². The zero-order valence-electron chi connectivity index (χ0n) is 11.6. The lowest BCUT2D eigenvalue weighted by atomic mass is 10.1. The molecule has 0 spiro atoms. The number of aliphatic imine (C=N–C) groups is 1. The van der Waals surface area contributed by atoms with Crippen LogP contribution in [-0.4, -0.2) is 50.4 Å². The van der Waals surface area contributed by atoms with Gasteiger partial charge in [-0.25, -0.2) is 0 Å². The first kappa shape index (κ1) is 15.4. The fourth-order valence-electron chi connectivity index (χ4n) is 1.45. The highest BCUT2D eigenvalue weighted by Crippen LogP contribution is 2.38. The number of hydrogen-bond acceptors (Lipinski definition) is 5. The average Bonchev–Trinajstić information content (AvgIpc) is 2.42. The van der Waals surface area contributed by atoms with Gasteiger partial charge in [0.15, 0.2) is 5.75 Å². The molecule has 0 atom stereocenters. The minimum absolute atomic E-state index is 0.0364. The number of nitrogens with zero attached hydrogens (tertiary/aromatic N) is 3. The Morgan fingerprint density at radius 3 is 2.45 bits per heavy atom. The summed E-state index contributed by atoms with van der Waals surface area (Å²) < 4.78 is 9.94. The summed E-state index contributed by atoms with van der Waals surface area (Å²) in [6.45, 7) is 0. The molecule has 0 radical (unpaired) electrons. The molecule has 1 amide bonds. The Labute approximate surface area is 115 Å². The zero-order valence-corrected chi connectivity index (χ0v) is 11.6.